The SMILES string of the molecule is CO[C@@H]1C[C@@H](OC(=O)Nc2ccc(N3CCOCC3=O)cc2)N(C(=O)/C=C/c2cccnc2)C1. The lowest BCUT2D eigenvalue weighted by Gasteiger charge is -2.27. The summed E-state index contributed by atoms with van der Waals surface area (Å²) >= 11 is 0. The molecule has 4 rings (SSSR count). The Balaban J connectivity index is 1.36. The Kier molecular flexibility index (Phi) is 7.51. The van der Waals surface area contributed by atoms with Crippen LogP contribution in [-0.4, -0.2) is 73.5 Å². The van der Waals surface area contributed by atoms with E-state index >= 15 is 0 Å². The zero-order chi connectivity index (χ0) is 23.9. The third-order valence-electron chi connectivity index (χ3n) is 5.59. The number of hydrogen-bond acceptors (Lipinski definition) is 7. The van der Waals surface area contributed by atoms with Gasteiger partial charge in [0.25, 0.3) is 5.91 Å². The Morgan fingerprint density at radius 2 is 2.06 bits per heavy atom. The van der Waals surface area contributed by atoms with Gasteiger partial charge in [-0.05, 0) is 42.0 Å². The third kappa shape index (κ3) is 5.77. The molecular weight excluding hydrogens is 440 g/mol. The molecule has 0 radical (unpaired) electrons. The number of rotatable bonds is 6. The van der Waals surface area contributed by atoms with Crippen LogP contribution in [0.25, 0.3) is 6.08 Å². The van der Waals surface area contributed by atoms with Gasteiger partial charge >= 0.3 is 6.09 Å². The van der Waals surface area contributed by atoms with Crippen molar-refractivity contribution in [2.24, 2.45) is 0 Å². The van der Waals surface area contributed by atoms with Crippen LogP contribution >= 0.6 is 0 Å². The van der Waals surface area contributed by atoms with Crippen molar-refractivity contribution < 1.29 is 28.6 Å². The number of nitrogens with one attached hydrogen (secondary N) is 1. The van der Waals surface area contributed by atoms with Crippen LogP contribution in [0.2, 0.25) is 0 Å². The Morgan fingerprint density at radius 1 is 1.24 bits per heavy atom. The summed E-state index contributed by atoms with van der Waals surface area (Å²) in [6.07, 6.45) is 5.07. The summed E-state index contributed by atoms with van der Waals surface area (Å²) in [6, 6.07) is 10.5. The van der Waals surface area contributed by atoms with Gasteiger partial charge in [-0.1, -0.05) is 6.07 Å². The van der Waals surface area contributed by atoms with Gasteiger partial charge in [-0.2, -0.15) is 0 Å². The average molecular weight is 466 g/mol. The predicted molar refractivity (Wildman–Crippen MR) is 124 cm³/mol. The van der Waals surface area contributed by atoms with Gasteiger partial charge in [0.05, 0.1) is 19.3 Å². The fourth-order valence-corrected chi connectivity index (χ4v) is 3.80. The fraction of sp³-hybridized carbons (Fsp3) is 0.333. The number of anilines is 2. The van der Waals surface area contributed by atoms with Crippen LogP contribution in [0.1, 0.15) is 12.0 Å². The second kappa shape index (κ2) is 10.9. The molecule has 178 valence electrons. The van der Waals surface area contributed by atoms with Crippen LogP contribution in [0.5, 0.6) is 0 Å². The summed E-state index contributed by atoms with van der Waals surface area (Å²) in [6.45, 7) is 1.33. The van der Waals surface area contributed by atoms with Crippen LogP contribution in [0, 0.1) is 0 Å². The molecule has 0 saturated carbocycles. The number of nitrogens with zero attached hydrogens (tertiary/aromatic N) is 3. The molecule has 1 aromatic heterocycles. The summed E-state index contributed by atoms with van der Waals surface area (Å²) in [5, 5.41) is 2.67. The van der Waals surface area contributed by atoms with Gasteiger partial charge in [-0.25, -0.2) is 4.79 Å². The van der Waals surface area contributed by atoms with E-state index in [0.29, 0.717) is 31.8 Å². The standard InChI is InChI=1S/C24H26N4O6/c1-32-20-13-23(28(15-20)21(29)9-4-17-3-2-10-25-14-17)34-24(31)26-18-5-7-19(8-6-18)27-11-12-33-16-22(27)30/h2-10,14,20,23H,11-13,15-16H2,1H3,(H,26,31)/b9-4+/t20-,23-/m1/s1. The van der Waals surface area contributed by atoms with Gasteiger partial charge < -0.3 is 24.0 Å². The van der Waals surface area contributed by atoms with Gasteiger partial charge in [0, 0.05) is 49.9 Å². The molecule has 2 aromatic rings. The maximum Gasteiger partial charge on any atom is 0.413 e. The molecule has 10 heteroatoms. The number of methoxy groups -OCH3 is 1. The molecule has 2 fully saturated rings. The minimum Gasteiger partial charge on any atom is -0.425 e. The minimum absolute atomic E-state index is 0.0584. The lowest BCUT2D eigenvalue weighted by Crippen LogP contribution is -2.41. The summed E-state index contributed by atoms with van der Waals surface area (Å²) in [5.41, 5.74) is 2.02. The lowest BCUT2D eigenvalue weighted by atomic mass is 10.2. The zero-order valence-corrected chi connectivity index (χ0v) is 18.8. The van der Waals surface area contributed by atoms with Gasteiger partial charge in [-0.3, -0.25) is 19.9 Å². The smallest absolute Gasteiger partial charge is 0.413 e. The van der Waals surface area contributed by atoms with Crippen molar-refractivity contribution >= 4 is 35.4 Å². The molecule has 34 heavy (non-hydrogen) atoms. The highest BCUT2D eigenvalue weighted by Crippen LogP contribution is 2.23. The zero-order valence-electron chi connectivity index (χ0n) is 18.8. The quantitative estimate of drug-likeness (QED) is 0.651. The van der Waals surface area contributed by atoms with Crippen molar-refractivity contribution in [1.29, 1.82) is 0 Å². The average Bonchev–Trinajstić information content (AvgIpc) is 3.27. The molecule has 2 aliphatic rings. The molecule has 2 aliphatic heterocycles. The molecule has 2 atom stereocenters. The number of carbonyl (C=O) groups is 3. The Morgan fingerprint density at radius 3 is 2.76 bits per heavy atom. The number of likely N-dealkylation sites (tertiary alicyclic amines) is 1. The third-order valence-corrected chi connectivity index (χ3v) is 5.59. The number of morpholine rings is 1. The first kappa shape index (κ1) is 23.4. The van der Waals surface area contributed by atoms with Crippen LogP contribution < -0.4 is 10.2 Å². The number of carbonyl (C=O) groups excluding carboxylic acids is 3. The van der Waals surface area contributed by atoms with Crippen LogP contribution in [-0.2, 0) is 23.8 Å². The molecule has 0 bridgehead atoms. The van der Waals surface area contributed by atoms with Crippen molar-refractivity contribution in [2.45, 2.75) is 18.8 Å². The van der Waals surface area contributed by atoms with Gasteiger partial charge in [-0.15, -0.1) is 0 Å². The largest absolute Gasteiger partial charge is 0.425 e. The number of hydrogen-bond donors (Lipinski definition) is 1. The second-order valence-electron chi connectivity index (χ2n) is 7.83. The first-order valence-corrected chi connectivity index (χ1v) is 10.9. The topological polar surface area (TPSA) is 110 Å². The lowest BCUT2D eigenvalue weighted by molar-refractivity contribution is -0.132. The number of amides is 3. The molecule has 0 aliphatic carbocycles. The van der Waals surface area contributed by atoms with E-state index in [1.54, 1.807) is 60.8 Å². The minimum atomic E-state index is -0.763. The van der Waals surface area contributed by atoms with Gasteiger partial charge in [0.15, 0.2) is 6.23 Å². The molecule has 1 aromatic carbocycles. The van der Waals surface area contributed by atoms with E-state index in [4.69, 9.17) is 14.2 Å². The first-order valence-electron chi connectivity index (χ1n) is 10.9. The van der Waals surface area contributed by atoms with Gasteiger partial charge in [0.2, 0.25) is 5.91 Å². The second-order valence-corrected chi connectivity index (χ2v) is 7.83. The number of benzene rings is 1. The predicted octanol–water partition coefficient (Wildman–Crippen LogP) is 2.28. The fourth-order valence-electron chi connectivity index (χ4n) is 3.80. The molecule has 0 unspecified atom stereocenters. The van der Waals surface area contributed by atoms with E-state index < -0.39 is 12.3 Å². The normalized spacial score (nSPS) is 20.6. The molecule has 3 amide bonds. The number of pyridine rings is 1. The highest BCUT2D eigenvalue weighted by atomic mass is 16.6. The van der Waals surface area contributed by atoms with E-state index in [-0.39, 0.29) is 24.5 Å². The number of aromatic nitrogens is 1. The van der Waals surface area contributed by atoms with E-state index in [9.17, 15) is 14.4 Å². The van der Waals surface area contributed by atoms with E-state index in [1.165, 1.54) is 11.0 Å². The summed E-state index contributed by atoms with van der Waals surface area (Å²) < 4.78 is 16.1. The monoisotopic (exact) mass is 466 g/mol. The number of ether oxygens (including phenoxy) is 3. The molecule has 2 saturated heterocycles. The van der Waals surface area contributed by atoms with E-state index in [1.807, 2.05) is 6.07 Å². The summed E-state index contributed by atoms with van der Waals surface area (Å²) in [5.74, 6) is -0.400. The maximum absolute atomic E-state index is 12.8. The van der Waals surface area contributed by atoms with Crippen molar-refractivity contribution in [3.63, 3.8) is 0 Å². The summed E-state index contributed by atoms with van der Waals surface area (Å²) in [4.78, 5) is 44.4. The van der Waals surface area contributed by atoms with Crippen LogP contribution in [0.4, 0.5) is 16.2 Å². The van der Waals surface area contributed by atoms with E-state index in [0.717, 1.165) is 11.3 Å². The molecule has 1 N–H and O–H groups in total. The Hall–Kier alpha value is -3.76. The van der Waals surface area contributed by atoms with Crippen molar-refractivity contribution in [2.75, 3.05) is 43.6 Å². The van der Waals surface area contributed by atoms with Crippen LogP contribution in [0.15, 0.2) is 54.9 Å². The highest BCUT2D eigenvalue weighted by Gasteiger charge is 2.37. The first-order chi connectivity index (χ1) is 16.5. The van der Waals surface area contributed by atoms with Gasteiger partial charge in [0.1, 0.15) is 6.61 Å². The maximum atomic E-state index is 12.8. The Bertz CT molecular complexity index is 1040. The Labute approximate surface area is 197 Å². The van der Waals surface area contributed by atoms with E-state index in [2.05, 4.69) is 10.3 Å². The molecule has 10 nitrogen and oxygen atoms in total. The molecular formula is C24H26N4O6. The summed E-state index contributed by atoms with van der Waals surface area (Å²) in [7, 11) is 1.56. The molecule has 3 heterocycles. The highest BCUT2D eigenvalue weighted by molar-refractivity contribution is 5.95. The van der Waals surface area contributed by atoms with Crippen molar-refractivity contribution in [3.8, 4) is 0 Å². The molecule has 0 spiro atoms. The van der Waals surface area contributed by atoms with Crippen LogP contribution in [0.3, 0.4) is 0 Å². The van der Waals surface area contributed by atoms with Crippen molar-refractivity contribution in [1.82, 2.24) is 9.88 Å². The van der Waals surface area contributed by atoms with Crippen molar-refractivity contribution in [3.05, 3.63) is 60.4 Å².